The highest BCUT2D eigenvalue weighted by molar-refractivity contribution is 5.35. The molecule has 0 aliphatic heterocycles. The van der Waals surface area contributed by atoms with Gasteiger partial charge in [0.05, 0.1) is 11.4 Å². The zero-order chi connectivity index (χ0) is 13.9. The lowest BCUT2D eigenvalue weighted by Crippen LogP contribution is -2.28. The second kappa shape index (κ2) is 5.61. The number of hydrogen-bond donors (Lipinski definition) is 0. The van der Waals surface area contributed by atoms with Crippen LogP contribution in [0.2, 0.25) is 0 Å². The Morgan fingerprint density at radius 2 is 1.70 bits per heavy atom. The molecule has 0 saturated heterocycles. The second-order valence-corrected chi connectivity index (χ2v) is 5.47. The van der Waals surface area contributed by atoms with Crippen molar-refractivity contribution >= 4 is 0 Å². The molecule has 3 nitrogen and oxygen atoms in total. The van der Waals surface area contributed by atoms with Gasteiger partial charge in [0, 0.05) is 5.56 Å². The maximum atomic E-state index is 12.8. The summed E-state index contributed by atoms with van der Waals surface area (Å²) in [5, 5.41) is 0. The van der Waals surface area contributed by atoms with Gasteiger partial charge in [-0.25, -0.2) is 4.98 Å². The van der Waals surface area contributed by atoms with Crippen LogP contribution in [0.3, 0.4) is 0 Å². The molecule has 104 valence electrons. The van der Waals surface area contributed by atoms with E-state index in [9.17, 15) is 4.79 Å². The number of rotatable bonds is 1. The van der Waals surface area contributed by atoms with Gasteiger partial charge in [-0.1, -0.05) is 31.0 Å². The molecule has 1 aromatic heterocycles. The molecular weight excluding hydrogens is 248 g/mol. The molecule has 0 atom stereocenters. The molecule has 0 amide bonds. The summed E-state index contributed by atoms with van der Waals surface area (Å²) in [4.78, 5) is 17.5. The summed E-state index contributed by atoms with van der Waals surface area (Å²) in [5.41, 5.74) is 2.99. The van der Waals surface area contributed by atoms with Crippen molar-refractivity contribution in [2.45, 2.75) is 45.4 Å². The molecule has 0 N–H and O–H groups in total. The minimum absolute atomic E-state index is 0.126. The van der Waals surface area contributed by atoms with Gasteiger partial charge >= 0.3 is 0 Å². The normalized spacial score (nSPS) is 15.2. The minimum Gasteiger partial charge on any atom is -0.269 e. The Hall–Kier alpha value is -1.90. The van der Waals surface area contributed by atoms with Crippen LogP contribution in [0.5, 0.6) is 0 Å². The monoisotopic (exact) mass is 268 g/mol. The van der Waals surface area contributed by atoms with Crippen molar-refractivity contribution in [2.75, 3.05) is 0 Å². The van der Waals surface area contributed by atoms with Gasteiger partial charge in [0.2, 0.25) is 0 Å². The zero-order valence-corrected chi connectivity index (χ0v) is 11.9. The van der Waals surface area contributed by atoms with Crippen molar-refractivity contribution in [3.05, 3.63) is 57.8 Å². The highest BCUT2D eigenvalue weighted by atomic mass is 16.1. The molecular formula is C17H20N2O. The van der Waals surface area contributed by atoms with Gasteiger partial charge in [0.1, 0.15) is 5.82 Å². The molecule has 0 saturated carbocycles. The van der Waals surface area contributed by atoms with E-state index < -0.39 is 0 Å². The third-order valence-corrected chi connectivity index (χ3v) is 4.03. The first-order valence-corrected chi connectivity index (χ1v) is 7.44. The number of nitrogens with zero attached hydrogens (tertiary/aromatic N) is 2. The summed E-state index contributed by atoms with van der Waals surface area (Å²) in [6, 6.07) is 9.80. The number of hydrogen-bond acceptors (Lipinski definition) is 2. The van der Waals surface area contributed by atoms with Crippen molar-refractivity contribution < 1.29 is 0 Å². The molecule has 1 aromatic carbocycles. The SMILES string of the molecule is Cc1nc2c(c(=O)n1-c1ccccc1)CCCCCC2. The molecule has 0 spiro atoms. The van der Waals surface area contributed by atoms with Crippen molar-refractivity contribution in [3.8, 4) is 5.69 Å². The van der Waals surface area contributed by atoms with Crippen LogP contribution >= 0.6 is 0 Å². The molecule has 1 aliphatic carbocycles. The first-order valence-electron chi connectivity index (χ1n) is 7.44. The highest BCUT2D eigenvalue weighted by Crippen LogP contribution is 2.17. The van der Waals surface area contributed by atoms with Crippen molar-refractivity contribution in [3.63, 3.8) is 0 Å². The lowest BCUT2D eigenvalue weighted by molar-refractivity contribution is 0.596. The van der Waals surface area contributed by atoms with E-state index in [2.05, 4.69) is 0 Å². The molecule has 0 fully saturated rings. The molecule has 2 aromatic rings. The molecule has 0 bridgehead atoms. The fourth-order valence-corrected chi connectivity index (χ4v) is 3.01. The summed E-state index contributed by atoms with van der Waals surface area (Å²) in [5.74, 6) is 0.792. The Bertz CT molecular complexity index is 659. The maximum Gasteiger partial charge on any atom is 0.261 e. The summed E-state index contributed by atoms with van der Waals surface area (Å²) < 4.78 is 1.75. The topological polar surface area (TPSA) is 34.9 Å². The predicted octanol–water partition coefficient (Wildman–Crippen LogP) is 3.20. The molecule has 1 aliphatic rings. The fraction of sp³-hybridized carbons (Fsp3) is 0.412. The minimum atomic E-state index is 0.126. The fourth-order valence-electron chi connectivity index (χ4n) is 3.01. The van der Waals surface area contributed by atoms with Crippen molar-refractivity contribution in [1.82, 2.24) is 9.55 Å². The van der Waals surface area contributed by atoms with E-state index in [1.165, 1.54) is 12.8 Å². The lowest BCUT2D eigenvalue weighted by atomic mass is 9.98. The van der Waals surface area contributed by atoms with E-state index in [1.54, 1.807) is 4.57 Å². The van der Waals surface area contributed by atoms with Crippen LogP contribution in [0.15, 0.2) is 35.1 Å². The molecule has 20 heavy (non-hydrogen) atoms. The summed E-state index contributed by atoms with van der Waals surface area (Å²) in [6.45, 7) is 1.92. The van der Waals surface area contributed by atoms with Crippen molar-refractivity contribution in [2.24, 2.45) is 0 Å². The van der Waals surface area contributed by atoms with E-state index in [0.717, 1.165) is 48.5 Å². The van der Waals surface area contributed by atoms with Crippen LogP contribution in [0.1, 0.15) is 42.8 Å². The van der Waals surface area contributed by atoms with Gasteiger partial charge in [-0.05, 0) is 44.7 Å². The third kappa shape index (κ3) is 2.40. The Labute approximate surface area is 119 Å². The molecule has 3 heteroatoms. The highest BCUT2D eigenvalue weighted by Gasteiger charge is 2.16. The standard InChI is InChI=1S/C17H20N2O/c1-13-18-16-12-8-3-2-7-11-15(16)17(20)19(13)14-9-5-4-6-10-14/h4-6,9-10H,2-3,7-8,11-12H2,1H3. The van der Waals surface area contributed by atoms with Crippen LogP contribution < -0.4 is 5.56 Å². The lowest BCUT2D eigenvalue weighted by Gasteiger charge is -2.17. The molecule has 1 heterocycles. The Balaban J connectivity index is 2.17. The van der Waals surface area contributed by atoms with Gasteiger partial charge < -0.3 is 0 Å². The summed E-state index contributed by atoms with van der Waals surface area (Å²) in [7, 11) is 0. The average Bonchev–Trinajstić information content (AvgIpc) is 2.42. The number of aryl methyl sites for hydroxylation is 2. The molecule has 0 radical (unpaired) electrons. The van der Waals surface area contributed by atoms with Gasteiger partial charge in [-0.15, -0.1) is 0 Å². The first kappa shape index (κ1) is 13.1. The molecule has 0 unspecified atom stereocenters. The predicted molar refractivity (Wildman–Crippen MR) is 80.4 cm³/mol. The van der Waals surface area contributed by atoms with Crippen molar-refractivity contribution in [1.29, 1.82) is 0 Å². The largest absolute Gasteiger partial charge is 0.269 e. The van der Waals surface area contributed by atoms with Crippen LogP contribution in [0.4, 0.5) is 0 Å². The quantitative estimate of drug-likeness (QED) is 0.796. The van der Waals surface area contributed by atoms with Gasteiger partial charge in [-0.3, -0.25) is 9.36 Å². The van der Waals surface area contributed by atoms with E-state index in [0.29, 0.717) is 0 Å². The smallest absolute Gasteiger partial charge is 0.261 e. The zero-order valence-electron chi connectivity index (χ0n) is 11.9. The van der Waals surface area contributed by atoms with Crippen LogP contribution in [-0.4, -0.2) is 9.55 Å². The summed E-state index contributed by atoms with van der Waals surface area (Å²) in [6.07, 6.45) is 6.53. The van der Waals surface area contributed by atoms with Gasteiger partial charge in [0.15, 0.2) is 0 Å². The number of para-hydroxylation sites is 1. The molecule has 3 rings (SSSR count). The number of fused-ring (bicyclic) bond motifs is 1. The number of aromatic nitrogens is 2. The van der Waals surface area contributed by atoms with E-state index >= 15 is 0 Å². The van der Waals surface area contributed by atoms with E-state index in [-0.39, 0.29) is 5.56 Å². The first-order chi connectivity index (χ1) is 9.77. The average molecular weight is 268 g/mol. The third-order valence-electron chi connectivity index (χ3n) is 4.03. The van der Waals surface area contributed by atoms with Crippen LogP contribution in [0, 0.1) is 6.92 Å². The Morgan fingerprint density at radius 3 is 2.45 bits per heavy atom. The van der Waals surface area contributed by atoms with Crippen LogP contribution in [0.25, 0.3) is 5.69 Å². The summed E-state index contributed by atoms with van der Waals surface area (Å²) >= 11 is 0. The van der Waals surface area contributed by atoms with Gasteiger partial charge in [-0.2, -0.15) is 0 Å². The van der Waals surface area contributed by atoms with Crippen LogP contribution in [-0.2, 0) is 12.8 Å². The second-order valence-electron chi connectivity index (χ2n) is 5.47. The number of benzene rings is 1. The van der Waals surface area contributed by atoms with E-state index in [1.807, 2.05) is 37.3 Å². The Kier molecular flexibility index (Phi) is 3.68. The Morgan fingerprint density at radius 1 is 1.00 bits per heavy atom. The van der Waals surface area contributed by atoms with E-state index in [4.69, 9.17) is 4.98 Å². The maximum absolute atomic E-state index is 12.8. The van der Waals surface area contributed by atoms with Gasteiger partial charge in [0.25, 0.3) is 5.56 Å².